The van der Waals surface area contributed by atoms with E-state index in [4.69, 9.17) is 9.47 Å². The highest BCUT2D eigenvalue weighted by Gasteiger charge is 2.31. The molecule has 1 N–H and O–H groups in total. The molecule has 136 valence electrons. The van der Waals surface area contributed by atoms with Gasteiger partial charge in [0.15, 0.2) is 11.5 Å². The van der Waals surface area contributed by atoms with Crippen LogP contribution in [0.3, 0.4) is 0 Å². The van der Waals surface area contributed by atoms with Gasteiger partial charge in [0.2, 0.25) is 12.7 Å². The van der Waals surface area contributed by atoms with Crippen LogP contribution >= 0.6 is 0 Å². The van der Waals surface area contributed by atoms with Crippen LogP contribution < -0.4 is 9.47 Å². The molecule has 1 aromatic heterocycles. The van der Waals surface area contributed by atoms with Crippen LogP contribution in [0, 0.1) is 0 Å². The molecule has 2 aromatic carbocycles. The van der Waals surface area contributed by atoms with Crippen LogP contribution in [0.15, 0.2) is 48.5 Å². The zero-order chi connectivity index (χ0) is 18.2. The van der Waals surface area contributed by atoms with E-state index in [9.17, 15) is 4.79 Å². The molecule has 1 amide bonds. The lowest BCUT2D eigenvalue weighted by Crippen LogP contribution is -2.29. The molecule has 0 spiro atoms. The summed E-state index contributed by atoms with van der Waals surface area (Å²) < 4.78 is 10.7. The molecule has 6 nitrogen and oxygen atoms in total. The topological polar surface area (TPSA) is 67.5 Å². The summed E-state index contributed by atoms with van der Waals surface area (Å²) in [6, 6.07) is 13.6. The van der Waals surface area contributed by atoms with E-state index in [1.807, 2.05) is 53.4 Å². The first-order chi connectivity index (χ1) is 13.3. The monoisotopic (exact) mass is 361 g/mol. The Kier molecular flexibility index (Phi) is 3.81. The molecule has 6 heteroatoms. The van der Waals surface area contributed by atoms with Gasteiger partial charge in [0.1, 0.15) is 5.82 Å². The summed E-state index contributed by atoms with van der Waals surface area (Å²) in [4.78, 5) is 22.7. The number of aromatic nitrogens is 2. The molecule has 1 fully saturated rings. The van der Waals surface area contributed by atoms with Gasteiger partial charge in [0.25, 0.3) is 0 Å². The number of hydrogen-bond donors (Lipinski definition) is 1. The van der Waals surface area contributed by atoms with E-state index < -0.39 is 0 Å². The van der Waals surface area contributed by atoms with Gasteiger partial charge in [-0.2, -0.15) is 0 Å². The maximum absolute atomic E-state index is 12.8. The van der Waals surface area contributed by atoms with Crippen LogP contribution in [0.2, 0.25) is 0 Å². The smallest absolute Gasteiger partial charge is 0.247 e. The summed E-state index contributed by atoms with van der Waals surface area (Å²) in [5, 5.41) is 0. The van der Waals surface area contributed by atoms with Crippen LogP contribution in [0.25, 0.3) is 17.1 Å². The molecular formula is C21H19N3O3. The van der Waals surface area contributed by atoms with Crippen LogP contribution in [-0.4, -0.2) is 34.1 Å². The minimum Gasteiger partial charge on any atom is -0.454 e. The number of benzene rings is 2. The molecule has 1 saturated heterocycles. The molecule has 5 rings (SSSR count). The van der Waals surface area contributed by atoms with Gasteiger partial charge in [-0.15, -0.1) is 0 Å². The van der Waals surface area contributed by atoms with E-state index in [0.29, 0.717) is 5.75 Å². The Hall–Kier alpha value is -3.28. The van der Waals surface area contributed by atoms with Gasteiger partial charge in [0, 0.05) is 12.6 Å². The fourth-order valence-corrected chi connectivity index (χ4v) is 3.73. The number of carbonyl (C=O) groups excluding carboxylic acids is 1. The minimum atomic E-state index is -0.00805. The molecule has 1 atom stereocenters. The van der Waals surface area contributed by atoms with E-state index in [-0.39, 0.29) is 18.7 Å². The highest BCUT2D eigenvalue weighted by atomic mass is 16.7. The third kappa shape index (κ3) is 2.93. The number of likely N-dealkylation sites (tertiary alicyclic amines) is 1. The molecular weight excluding hydrogens is 342 g/mol. The van der Waals surface area contributed by atoms with Crippen LogP contribution in [0.1, 0.15) is 30.3 Å². The standard InChI is InChI=1S/C21H19N3O3/c25-20(10-8-14-7-9-18-19(12-14)27-13-26-18)24-11-3-6-17(24)21-22-15-4-1-2-5-16(15)23-21/h1-2,4-5,7-10,12,17H,3,6,11,13H2,(H,22,23)/b10-8+. The second-order valence-electron chi connectivity index (χ2n) is 6.77. The normalized spacial score (nSPS) is 18.7. The van der Waals surface area contributed by atoms with Gasteiger partial charge in [0.05, 0.1) is 17.1 Å². The zero-order valence-corrected chi connectivity index (χ0v) is 14.7. The third-order valence-electron chi connectivity index (χ3n) is 5.07. The van der Waals surface area contributed by atoms with E-state index in [0.717, 1.165) is 47.6 Å². The number of H-pyrrole nitrogens is 1. The quantitative estimate of drug-likeness (QED) is 0.723. The summed E-state index contributed by atoms with van der Waals surface area (Å²) in [6.07, 6.45) is 5.34. The molecule has 0 aliphatic carbocycles. The summed E-state index contributed by atoms with van der Waals surface area (Å²) in [5.74, 6) is 2.31. The molecule has 2 aliphatic heterocycles. The van der Waals surface area contributed by atoms with Crippen molar-refractivity contribution in [2.75, 3.05) is 13.3 Å². The Labute approximate surface area is 156 Å². The summed E-state index contributed by atoms with van der Waals surface area (Å²) >= 11 is 0. The van der Waals surface area contributed by atoms with Crippen molar-refractivity contribution in [3.8, 4) is 11.5 Å². The number of nitrogens with zero attached hydrogens (tertiary/aromatic N) is 2. The average Bonchev–Trinajstić information content (AvgIpc) is 3.43. The number of hydrogen-bond acceptors (Lipinski definition) is 4. The predicted molar refractivity (Wildman–Crippen MR) is 101 cm³/mol. The van der Waals surface area contributed by atoms with Crippen molar-refractivity contribution in [2.24, 2.45) is 0 Å². The Morgan fingerprint density at radius 2 is 2.07 bits per heavy atom. The van der Waals surface area contributed by atoms with Gasteiger partial charge >= 0.3 is 0 Å². The fourth-order valence-electron chi connectivity index (χ4n) is 3.73. The number of imidazole rings is 1. The SMILES string of the molecule is O=C(/C=C/c1ccc2c(c1)OCO2)N1CCCC1c1nc2ccccc2[nH]1. The number of ether oxygens (including phenoxy) is 2. The summed E-state index contributed by atoms with van der Waals surface area (Å²) in [7, 11) is 0. The maximum atomic E-state index is 12.8. The summed E-state index contributed by atoms with van der Waals surface area (Å²) in [6.45, 7) is 0.987. The number of amides is 1. The van der Waals surface area contributed by atoms with E-state index in [1.54, 1.807) is 6.08 Å². The van der Waals surface area contributed by atoms with Crippen LogP contribution in [0.4, 0.5) is 0 Å². The van der Waals surface area contributed by atoms with Crippen molar-refractivity contribution < 1.29 is 14.3 Å². The van der Waals surface area contributed by atoms with Gasteiger partial charge in [-0.3, -0.25) is 4.79 Å². The number of fused-ring (bicyclic) bond motifs is 2. The van der Waals surface area contributed by atoms with Crippen molar-refractivity contribution in [1.29, 1.82) is 0 Å². The molecule has 3 heterocycles. The fraction of sp³-hybridized carbons (Fsp3) is 0.238. The zero-order valence-electron chi connectivity index (χ0n) is 14.7. The Morgan fingerprint density at radius 3 is 3.00 bits per heavy atom. The van der Waals surface area contributed by atoms with Crippen LogP contribution in [0.5, 0.6) is 11.5 Å². The average molecular weight is 361 g/mol. The molecule has 0 radical (unpaired) electrons. The lowest BCUT2D eigenvalue weighted by molar-refractivity contribution is -0.126. The predicted octanol–water partition coefficient (Wildman–Crippen LogP) is 3.67. The first kappa shape index (κ1) is 15.9. The lowest BCUT2D eigenvalue weighted by atomic mass is 10.1. The van der Waals surface area contributed by atoms with Gasteiger partial charge in [-0.05, 0) is 48.7 Å². The third-order valence-corrected chi connectivity index (χ3v) is 5.07. The first-order valence-electron chi connectivity index (χ1n) is 9.11. The lowest BCUT2D eigenvalue weighted by Gasteiger charge is -2.21. The molecule has 0 saturated carbocycles. The Balaban J connectivity index is 1.35. The van der Waals surface area contributed by atoms with Gasteiger partial charge < -0.3 is 19.4 Å². The molecule has 3 aromatic rings. The van der Waals surface area contributed by atoms with E-state index >= 15 is 0 Å². The number of aromatic amines is 1. The number of para-hydroxylation sites is 2. The molecule has 0 bridgehead atoms. The van der Waals surface area contributed by atoms with Crippen molar-refractivity contribution in [3.63, 3.8) is 0 Å². The molecule has 2 aliphatic rings. The summed E-state index contributed by atoms with van der Waals surface area (Å²) in [5.41, 5.74) is 2.84. The number of nitrogens with one attached hydrogen (secondary N) is 1. The van der Waals surface area contributed by atoms with Crippen molar-refractivity contribution in [3.05, 3.63) is 59.9 Å². The first-order valence-corrected chi connectivity index (χ1v) is 9.11. The largest absolute Gasteiger partial charge is 0.454 e. The van der Waals surface area contributed by atoms with Crippen molar-refractivity contribution in [1.82, 2.24) is 14.9 Å². The van der Waals surface area contributed by atoms with E-state index in [2.05, 4.69) is 9.97 Å². The Morgan fingerprint density at radius 1 is 1.19 bits per heavy atom. The van der Waals surface area contributed by atoms with Crippen molar-refractivity contribution in [2.45, 2.75) is 18.9 Å². The molecule has 27 heavy (non-hydrogen) atoms. The van der Waals surface area contributed by atoms with Crippen molar-refractivity contribution >= 4 is 23.0 Å². The van der Waals surface area contributed by atoms with E-state index in [1.165, 1.54) is 0 Å². The van der Waals surface area contributed by atoms with Gasteiger partial charge in [-0.25, -0.2) is 4.98 Å². The van der Waals surface area contributed by atoms with Crippen LogP contribution in [-0.2, 0) is 4.79 Å². The number of rotatable bonds is 3. The highest BCUT2D eigenvalue weighted by molar-refractivity contribution is 5.92. The second-order valence-corrected chi connectivity index (χ2v) is 6.77. The van der Waals surface area contributed by atoms with Gasteiger partial charge in [-0.1, -0.05) is 18.2 Å². The minimum absolute atomic E-state index is 0.00405. The maximum Gasteiger partial charge on any atom is 0.247 e. The number of carbonyl (C=O) groups is 1. The molecule has 1 unspecified atom stereocenters. The second kappa shape index (κ2) is 6.46. The highest BCUT2D eigenvalue weighted by Crippen LogP contribution is 2.34. The Bertz CT molecular complexity index is 1010.